The van der Waals surface area contributed by atoms with Gasteiger partial charge in [-0.3, -0.25) is 4.79 Å². The zero-order chi connectivity index (χ0) is 38.2. The highest BCUT2D eigenvalue weighted by Crippen LogP contribution is 2.33. The molecule has 4 aromatic rings. The van der Waals surface area contributed by atoms with Crippen LogP contribution in [0.2, 0.25) is 5.02 Å². The predicted octanol–water partition coefficient (Wildman–Crippen LogP) is 8.75. The number of benzene rings is 4. The molecule has 51 heavy (non-hydrogen) atoms. The number of hydrogen-bond donors (Lipinski definition) is 1. The number of aromatic carboxylic acids is 1. The third kappa shape index (κ3) is 8.77. The summed E-state index contributed by atoms with van der Waals surface area (Å²) in [6.07, 6.45) is 0. The van der Waals surface area contributed by atoms with Crippen LogP contribution >= 0.6 is 11.6 Å². The molecule has 0 heterocycles. The molecule has 0 aliphatic rings. The van der Waals surface area contributed by atoms with Crippen LogP contribution in [-0.2, 0) is 38.7 Å². The number of halogens is 6. The summed E-state index contributed by atoms with van der Waals surface area (Å²) >= 11 is 5.96. The Bertz CT molecular complexity index is 2020. The van der Waals surface area contributed by atoms with Crippen molar-refractivity contribution in [2.24, 2.45) is 0 Å². The smallest absolute Gasteiger partial charge is 0.335 e. The van der Waals surface area contributed by atoms with E-state index in [4.69, 9.17) is 11.6 Å². The molecular weight excluding hydrogens is 715 g/mol. The van der Waals surface area contributed by atoms with Crippen molar-refractivity contribution in [1.82, 2.24) is 4.31 Å². The number of hydrogen-bond acceptors (Lipinski definition) is 4. The van der Waals surface area contributed by atoms with E-state index in [0.717, 1.165) is 16.0 Å². The molecule has 0 bridgehead atoms. The first kappa shape index (κ1) is 39.5. The highest BCUT2D eigenvalue weighted by molar-refractivity contribution is 7.89. The zero-order valence-corrected chi connectivity index (χ0v) is 30.2. The number of carbonyl (C=O) groups is 2. The van der Waals surface area contributed by atoms with Crippen LogP contribution in [0.5, 0.6) is 0 Å². The Labute approximate surface area is 298 Å². The van der Waals surface area contributed by atoms with Crippen LogP contribution in [0.15, 0.2) is 71.6 Å². The number of anilines is 1. The molecule has 0 atom stereocenters. The standard InChI is InChI=1S/C37H36ClF5N2O5S/c1-36(2,3)24-15-22(16-25(17-24)37(4,5)6)19-45(27-13-9-23(10-14-27)35(47)48)28(46)20-44(18-21-7-11-26(38)12-8-21)51(49,50)34-32(42)30(40)29(39)31(41)33(34)43/h7-17H,18-20H2,1-6H3,(H,47,48). The minimum atomic E-state index is -5.61. The number of carboxylic acids is 1. The summed E-state index contributed by atoms with van der Waals surface area (Å²) in [5.41, 5.74) is 2.03. The second-order valence-corrected chi connectivity index (χ2v) is 16.4. The van der Waals surface area contributed by atoms with Gasteiger partial charge in [0.15, 0.2) is 28.2 Å². The Morgan fingerprint density at radius 2 is 1.16 bits per heavy atom. The zero-order valence-electron chi connectivity index (χ0n) is 28.6. The Kier molecular flexibility index (Phi) is 11.4. The maximum absolute atomic E-state index is 15.0. The molecule has 0 aromatic heterocycles. The molecule has 0 unspecified atom stereocenters. The topological polar surface area (TPSA) is 95.0 Å². The number of amides is 1. The molecule has 7 nitrogen and oxygen atoms in total. The monoisotopic (exact) mass is 750 g/mol. The van der Waals surface area contributed by atoms with Crippen molar-refractivity contribution in [2.45, 2.75) is 70.4 Å². The summed E-state index contributed by atoms with van der Waals surface area (Å²) in [6.45, 7) is 10.00. The third-order valence-corrected chi connectivity index (χ3v) is 10.2. The highest BCUT2D eigenvalue weighted by atomic mass is 35.5. The van der Waals surface area contributed by atoms with Gasteiger partial charge in [-0.2, -0.15) is 4.31 Å². The molecule has 14 heteroatoms. The molecule has 272 valence electrons. The van der Waals surface area contributed by atoms with Gasteiger partial charge in [0, 0.05) is 17.3 Å². The fourth-order valence-electron chi connectivity index (χ4n) is 5.14. The van der Waals surface area contributed by atoms with Gasteiger partial charge in [0.1, 0.15) is 0 Å². The fraction of sp³-hybridized carbons (Fsp3) is 0.297. The minimum absolute atomic E-state index is 0.103. The van der Waals surface area contributed by atoms with Crippen molar-refractivity contribution in [3.8, 4) is 0 Å². The number of nitrogens with zero attached hydrogens (tertiary/aromatic N) is 2. The van der Waals surface area contributed by atoms with E-state index in [1.54, 1.807) is 0 Å². The second-order valence-electron chi connectivity index (χ2n) is 14.0. The molecule has 0 fully saturated rings. The first-order chi connectivity index (χ1) is 23.5. The van der Waals surface area contributed by atoms with Crippen LogP contribution in [0, 0.1) is 29.1 Å². The van der Waals surface area contributed by atoms with Gasteiger partial charge in [-0.05, 0) is 69.5 Å². The lowest BCUT2D eigenvalue weighted by molar-refractivity contribution is -0.119. The molecule has 0 saturated carbocycles. The van der Waals surface area contributed by atoms with E-state index in [2.05, 4.69) is 0 Å². The highest BCUT2D eigenvalue weighted by Gasteiger charge is 2.39. The Morgan fingerprint density at radius 1 is 0.686 bits per heavy atom. The quantitative estimate of drug-likeness (QED) is 0.0994. The number of carbonyl (C=O) groups excluding carboxylic acids is 1. The van der Waals surface area contributed by atoms with Gasteiger partial charge in [0.05, 0.1) is 18.7 Å². The molecule has 4 aromatic carbocycles. The number of sulfonamides is 1. The number of rotatable bonds is 10. The SMILES string of the molecule is CC(C)(C)c1cc(CN(C(=O)CN(Cc2ccc(Cl)cc2)S(=O)(=O)c2c(F)c(F)c(F)c(F)c2F)c2ccc(C(=O)O)cc2)cc(C(C)(C)C)c1. The average molecular weight is 751 g/mol. The molecule has 0 spiro atoms. The molecule has 0 saturated heterocycles. The molecule has 0 aliphatic carbocycles. The maximum atomic E-state index is 15.0. The Balaban J connectivity index is 1.89. The van der Waals surface area contributed by atoms with Gasteiger partial charge < -0.3 is 10.0 Å². The summed E-state index contributed by atoms with van der Waals surface area (Å²) in [5, 5.41) is 9.70. The third-order valence-electron chi connectivity index (χ3n) is 8.14. The van der Waals surface area contributed by atoms with Crippen LogP contribution in [0.4, 0.5) is 27.6 Å². The van der Waals surface area contributed by atoms with E-state index in [9.17, 15) is 45.1 Å². The molecular formula is C37H36ClF5N2O5S. The normalized spacial score (nSPS) is 12.3. The summed E-state index contributed by atoms with van der Waals surface area (Å²) in [7, 11) is -5.61. The first-order valence-electron chi connectivity index (χ1n) is 15.6. The lowest BCUT2D eigenvalue weighted by Crippen LogP contribution is -2.43. The van der Waals surface area contributed by atoms with Gasteiger partial charge in [0.2, 0.25) is 21.7 Å². The van der Waals surface area contributed by atoms with Gasteiger partial charge in [0.25, 0.3) is 0 Å². The molecule has 0 aliphatic heterocycles. The maximum Gasteiger partial charge on any atom is 0.335 e. The van der Waals surface area contributed by atoms with E-state index < -0.39 is 69.0 Å². The second kappa shape index (κ2) is 14.7. The van der Waals surface area contributed by atoms with E-state index in [0.29, 0.717) is 9.87 Å². The fourth-order valence-corrected chi connectivity index (χ4v) is 6.75. The van der Waals surface area contributed by atoms with Crippen molar-refractivity contribution >= 4 is 39.2 Å². The molecule has 0 radical (unpaired) electrons. The Morgan fingerprint density at radius 3 is 1.61 bits per heavy atom. The lowest BCUT2D eigenvalue weighted by atomic mass is 9.79. The predicted molar refractivity (Wildman–Crippen MR) is 184 cm³/mol. The van der Waals surface area contributed by atoms with Gasteiger partial charge in [-0.25, -0.2) is 35.2 Å². The van der Waals surface area contributed by atoms with E-state index in [-0.39, 0.29) is 39.2 Å². The lowest BCUT2D eigenvalue weighted by Gasteiger charge is -2.30. The molecule has 4 rings (SSSR count). The van der Waals surface area contributed by atoms with Crippen LogP contribution < -0.4 is 4.90 Å². The summed E-state index contributed by atoms with van der Waals surface area (Å²) in [4.78, 5) is 24.9. The van der Waals surface area contributed by atoms with E-state index in [1.165, 1.54) is 48.5 Å². The first-order valence-corrected chi connectivity index (χ1v) is 17.4. The Hall–Kier alpha value is -4.33. The van der Waals surface area contributed by atoms with Crippen molar-refractivity contribution in [2.75, 3.05) is 11.4 Å². The van der Waals surface area contributed by atoms with E-state index in [1.807, 2.05) is 59.7 Å². The molecule has 1 N–H and O–H groups in total. The molecule has 1 amide bonds. The summed E-state index contributed by atoms with van der Waals surface area (Å²) in [6, 6.07) is 16.4. The average Bonchev–Trinajstić information content (AvgIpc) is 3.05. The largest absolute Gasteiger partial charge is 0.478 e. The van der Waals surface area contributed by atoms with Gasteiger partial charge in [-0.1, -0.05) is 83.5 Å². The minimum Gasteiger partial charge on any atom is -0.478 e. The van der Waals surface area contributed by atoms with Crippen molar-refractivity contribution in [3.63, 3.8) is 0 Å². The summed E-state index contributed by atoms with van der Waals surface area (Å²) in [5.74, 6) is -14.9. The van der Waals surface area contributed by atoms with E-state index >= 15 is 0 Å². The van der Waals surface area contributed by atoms with Crippen molar-refractivity contribution in [3.05, 3.63) is 129 Å². The van der Waals surface area contributed by atoms with Crippen molar-refractivity contribution in [1.29, 1.82) is 0 Å². The number of carboxylic acid groups (broad SMARTS) is 1. The van der Waals surface area contributed by atoms with Crippen LogP contribution in [0.25, 0.3) is 0 Å². The van der Waals surface area contributed by atoms with Crippen LogP contribution in [-0.4, -0.2) is 36.3 Å². The van der Waals surface area contributed by atoms with Crippen LogP contribution in [0.1, 0.15) is 74.2 Å². The van der Waals surface area contributed by atoms with Crippen LogP contribution in [0.3, 0.4) is 0 Å². The summed E-state index contributed by atoms with van der Waals surface area (Å²) < 4.78 is 100. The van der Waals surface area contributed by atoms with Gasteiger partial charge >= 0.3 is 5.97 Å². The van der Waals surface area contributed by atoms with Crippen molar-refractivity contribution < 1.29 is 45.1 Å². The van der Waals surface area contributed by atoms with Gasteiger partial charge in [-0.15, -0.1) is 0 Å².